The largest absolute Gasteiger partial charge is 0.464 e. The molecule has 0 fully saturated rings. The second-order valence-electron chi connectivity index (χ2n) is 2.76. The van der Waals surface area contributed by atoms with Gasteiger partial charge in [-0.1, -0.05) is 0 Å². The molecule has 0 spiro atoms. The molecule has 0 aliphatic carbocycles. The number of ether oxygens (including phenoxy) is 2. The summed E-state index contributed by atoms with van der Waals surface area (Å²) in [5.41, 5.74) is 0. The standard InChI is InChI=1S/C9H16N4O3/c1-3-10-7-11-8(15-4-2)13-9(12-7)16-6-5-14/h14H,3-6H2,1-2H3,(H,10,11,12,13). The van der Waals surface area contributed by atoms with Gasteiger partial charge in [0.25, 0.3) is 0 Å². The zero-order chi connectivity index (χ0) is 11.8. The molecule has 1 heterocycles. The van der Waals surface area contributed by atoms with Gasteiger partial charge in [-0.25, -0.2) is 0 Å². The number of aromatic nitrogens is 3. The van der Waals surface area contributed by atoms with Crippen molar-refractivity contribution in [3.05, 3.63) is 0 Å². The normalized spacial score (nSPS) is 9.94. The van der Waals surface area contributed by atoms with Crippen molar-refractivity contribution in [3.8, 4) is 12.0 Å². The van der Waals surface area contributed by atoms with Crippen molar-refractivity contribution in [2.75, 3.05) is 31.7 Å². The number of nitrogens with zero attached hydrogens (tertiary/aromatic N) is 3. The maximum absolute atomic E-state index is 8.63. The minimum Gasteiger partial charge on any atom is -0.464 e. The van der Waals surface area contributed by atoms with E-state index < -0.39 is 0 Å². The van der Waals surface area contributed by atoms with Crippen molar-refractivity contribution in [1.82, 2.24) is 15.0 Å². The van der Waals surface area contributed by atoms with E-state index in [1.165, 1.54) is 0 Å². The molecule has 2 N–H and O–H groups in total. The molecule has 1 rings (SSSR count). The maximum Gasteiger partial charge on any atom is 0.324 e. The topological polar surface area (TPSA) is 89.4 Å². The van der Waals surface area contributed by atoms with Gasteiger partial charge in [-0.2, -0.15) is 9.97 Å². The van der Waals surface area contributed by atoms with Crippen LogP contribution in [0, 0.1) is 0 Å². The molecule has 0 bridgehead atoms. The Morgan fingerprint density at radius 2 is 1.81 bits per heavy atom. The van der Waals surface area contributed by atoms with Crippen molar-refractivity contribution in [3.63, 3.8) is 0 Å². The lowest BCUT2D eigenvalue weighted by atomic mass is 10.7. The first-order valence-corrected chi connectivity index (χ1v) is 5.16. The highest BCUT2D eigenvalue weighted by molar-refractivity contribution is 5.27. The number of hydrogen-bond acceptors (Lipinski definition) is 7. The SMILES string of the molecule is CCNc1nc(OCC)nc(OCCO)n1. The Bertz CT molecular complexity index is 297. The Kier molecular flexibility index (Phi) is 5.27. The fourth-order valence-electron chi connectivity index (χ4n) is 0.970. The second kappa shape index (κ2) is 6.78. The highest BCUT2D eigenvalue weighted by atomic mass is 16.5. The fraction of sp³-hybridized carbons (Fsp3) is 0.667. The summed E-state index contributed by atoms with van der Waals surface area (Å²) in [4.78, 5) is 11.9. The Balaban J connectivity index is 2.80. The summed E-state index contributed by atoms with van der Waals surface area (Å²) < 4.78 is 10.3. The van der Waals surface area contributed by atoms with E-state index in [0.717, 1.165) is 0 Å². The molecule has 0 aromatic carbocycles. The number of aliphatic hydroxyl groups is 1. The van der Waals surface area contributed by atoms with E-state index in [1.54, 1.807) is 0 Å². The van der Waals surface area contributed by atoms with E-state index in [-0.39, 0.29) is 25.2 Å². The van der Waals surface area contributed by atoms with E-state index in [2.05, 4.69) is 20.3 Å². The molecule has 90 valence electrons. The summed E-state index contributed by atoms with van der Waals surface area (Å²) in [6.07, 6.45) is 0. The molecule has 0 atom stereocenters. The van der Waals surface area contributed by atoms with Crippen LogP contribution in [-0.2, 0) is 0 Å². The van der Waals surface area contributed by atoms with E-state index >= 15 is 0 Å². The van der Waals surface area contributed by atoms with Crippen LogP contribution >= 0.6 is 0 Å². The molecule has 0 aliphatic rings. The molecule has 16 heavy (non-hydrogen) atoms. The third kappa shape index (κ3) is 3.85. The molecule has 0 saturated carbocycles. The second-order valence-corrected chi connectivity index (χ2v) is 2.76. The first kappa shape index (κ1) is 12.4. The Morgan fingerprint density at radius 1 is 1.12 bits per heavy atom. The number of hydrogen-bond donors (Lipinski definition) is 2. The average Bonchev–Trinajstić information content (AvgIpc) is 2.27. The highest BCUT2D eigenvalue weighted by Crippen LogP contribution is 2.12. The predicted octanol–water partition coefficient (Wildman–Crippen LogP) is 0.0732. The van der Waals surface area contributed by atoms with Crippen molar-refractivity contribution in [1.29, 1.82) is 0 Å². The van der Waals surface area contributed by atoms with Crippen LogP contribution in [0.1, 0.15) is 13.8 Å². The lowest BCUT2D eigenvalue weighted by molar-refractivity contribution is 0.188. The summed E-state index contributed by atoms with van der Waals surface area (Å²) in [7, 11) is 0. The number of anilines is 1. The molecule has 0 radical (unpaired) electrons. The van der Waals surface area contributed by atoms with Crippen LogP contribution < -0.4 is 14.8 Å². The number of rotatable bonds is 7. The molecular formula is C9H16N4O3. The van der Waals surface area contributed by atoms with Crippen LogP contribution in [-0.4, -0.2) is 46.4 Å². The van der Waals surface area contributed by atoms with Crippen LogP contribution in [0.2, 0.25) is 0 Å². The van der Waals surface area contributed by atoms with E-state index in [1.807, 2.05) is 13.8 Å². The van der Waals surface area contributed by atoms with Gasteiger partial charge in [-0.05, 0) is 13.8 Å². The molecule has 0 saturated heterocycles. The van der Waals surface area contributed by atoms with Crippen LogP contribution in [0.5, 0.6) is 12.0 Å². The van der Waals surface area contributed by atoms with Gasteiger partial charge in [-0.3, -0.25) is 0 Å². The minimum absolute atomic E-state index is 0.0911. The van der Waals surface area contributed by atoms with Crippen molar-refractivity contribution >= 4 is 5.95 Å². The van der Waals surface area contributed by atoms with Crippen LogP contribution in [0.3, 0.4) is 0 Å². The molecule has 7 nitrogen and oxygen atoms in total. The number of aliphatic hydroxyl groups excluding tert-OH is 1. The monoisotopic (exact) mass is 228 g/mol. The molecule has 1 aromatic heterocycles. The third-order valence-electron chi connectivity index (χ3n) is 1.53. The molecular weight excluding hydrogens is 212 g/mol. The Morgan fingerprint density at radius 3 is 2.38 bits per heavy atom. The maximum atomic E-state index is 8.63. The van der Waals surface area contributed by atoms with E-state index in [9.17, 15) is 0 Å². The summed E-state index contributed by atoms with van der Waals surface area (Å²) in [6.45, 7) is 4.97. The smallest absolute Gasteiger partial charge is 0.324 e. The molecule has 7 heteroatoms. The summed E-state index contributed by atoms with van der Waals surface area (Å²) in [5.74, 6) is 0.397. The van der Waals surface area contributed by atoms with Crippen molar-refractivity contribution < 1.29 is 14.6 Å². The first-order valence-electron chi connectivity index (χ1n) is 5.16. The lowest BCUT2D eigenvalue weighted by Crippen LogP contribution is -2.10. The molecule has 0 unspecified atom stereocenters. The fourth-order valence-corrected chi connectivity index (χ4v) is 0.970. The lowest BCUT2D eigenvalue weighted by Gasteiger charge is -2.07. The van der Waals surface area contributed by atoms with Gasteiger partial charge in [-0.15, -0.1) is 4.98 Å². The Labute approximate surface area is 93.9 Å². The highest BCUT2D eigenvalue weighted by Gasteiger charge is 2.07. The zero-order valence-electron chi connectivity index (χ0n) is 9.43. The Hall–Kier alpha value is -1.63. The number of nitrogens with one attached hydrogen (secondary N) is 1. The van der Waals surface area contributed by atoms with Crippen LogP contribution in [0.25, 0.3) is 0 Å². The summed E-state index contributed by atoms with van der Waals surface area (Å²) in [5, 5.41) is 11.6. The predicted molar refractivity (Wildman–Crippen MR) is 57.7 cm³/mol. The summed E-state index contributed by atoms with van der Waals surface area (Å²) in [6, 6.07) is 0.352. The van der Waals surface area contributed by atoms with E-state index in [0.29, 0.717) is 19.1 Å². The molecule has 0 aliphatic heterocycles. The minimum atomic E-state index is -0.0911. The van der Waals surface area contributed by atoms with Gasteiger partial charge >= 0.3 is 12.0 Å². The van der Waals surface area contributed by atoms with Gasteiger partial charge in [0.1, 0.15) is 6.61 Å². The van der Waals surface area contributed by atoms with Crippen LogP contribution in [0.15, 0.2) is 0 Å². The first-order chi connectivity index (χ1) is 7.80. The zero-order valence-corrected chi connectivity index (χ0v) is 9.43. The van der Waals surface area contributed by atoms with Gasteiger partial charge in [0.2, 0.25) is 5.95 Å². The average molecular weight is 228 g/mol. The van der Waals surface area contributed by atoms with Gasteiger partial charge in [0, 0.05) is 6.54 Å². The van der Waals surface area contributed by atoms with Crippen LogP contribution in [0.4, 0.5) is 5.95 Å². The van der Waals surface area contributed by atoms with E-state index in [4.69, 9.17) is 14.6 Å². The molecule has 0 amide bonds. The van der Waals surface area contributed by atoms with Gasteiger partial charge in [0.05, 0.1) is 13.2 Å². The quantitative estimate of drug-likeness (QED) is 0.682. The molecule has 1 aromatic rings. The van der Waals surface area contributed by atoms with Gasteiger partial charge < -0.3 is 19.9 Å². The van der Waals surface area contributed by atoms with Gasteiger partial charge in [0.15, 0.2) is 0 Å². The van der Waals surface area contributed by atoms with Crippen molar-refractivity contribution in [2.45, 2.75) is 13.8 Å². The summed E-state index contributed by atoms with van der Waals surface area (Å²) >= 11 is 0. The third-order valence-corrected chi connectivity index (χ3v) is 1.53. The van der Waals surface area contributed by atoms with Crippen molar-refractivity contribution in [2.24, 2.45) is 0 Å².